The maximum Gasteiger partial charge on any atom is 0.165 e. The van der Waals surface area contributed by atoms with E-state index in [4.69, 9.17) is 16.3 Å². The summed E-state index contributed by atoms with van der Waals surface area (Å²) in [4.78, 5) is 15.6. The monoisotopic (exact) mass is 480 g/mol. The van der Waals surface area contributed by atoms with E-state index >= 15 is 0 Å². The van der Waals surface area contributed by atoms with Crippen molar-refractivity contribution in [2.24, 2.45) is 5.92 Å². The molecule has 2 saturated heterocycles. The summed E-state index contributed by atoms with van der Waals surface area (Å²) in [7, 11) is 0. The number of ether oxygens (including phenoxy) is 1. The number of ketones is 1. The second kappa shape index (κ2) is 10.3. The highest BCUT2D eigenvalue weighted by atomic mass is 35.5. The summed E-state index contributed by atoms with van der Waals surface area (Å²) in [5, 5.41) is 2.02. The SMILES string of the molecule is CC(C)CC(=O)c1cn(CCCN2C3CCC2CC(OC2=CC=C(Cl)CC2)C3)c2ccccc12. The number of allylic oxidation sites excluding steroid dienone is 4. The average Bonchev–Trinajstić information content (AvgIpc) is 3.29. The molecule has 1 aromatic heterocycles. The van der Waals surface area contributed by atoms with E-state index in [1.54, 1.807) is 0 Å². The van der Waals surface area contributed by atoms with Crippen molar-refractivity contribution in [2.75, 3.05) is 6.54 Å². The van der Waals surface area contributed by atoms with Crippen LogP contribution in [0.15, 0.2) is 53.4 Å². The Bertz CT molecular complexity index is 1080. The molecule has 1 aliphatic carbocycles. The number of carbonyl (C=O) groups excluding carboxylic acids is 1. The Labute approximate surface area is 208 Å². The third-order valence-corrected chi connectivity index (χ3v) is 8.03. The van der Waals surface area contributed by atoms with Crippen molar-refractivity contribution in [3.63, 3.8) is 0 Å². The molecule has 2 aliphatic heterocycles. The molecule has 0 saturated carbocycles. The van der Waals surface area contributed by atoms with Gasteiger partial charge in [-0.05, 0) is 62.7 Å². The van der Waals surface area contributed by atoms with Gasteiger partial charge in [0.2, 0.25) is 0 Å². The van der Waals surface area contributed by atoms with Crippen molar-refractivity contribution in [1.29, 1.82) is 0 Å². The van der Waals surface area contributed by atoms with E-state index in [-0.39, 0.29) is 5.78 Å². The van der Waals surface area contributed by atoms with Gasteiger partial charge in [-0.15, -0.1) is 0 Å². The second-order valence-electron chi connectivity index (χ2n) is 10.7. The summed E-state index contributed by atoms with van der Waals surface area (Å²) in [5.74, 6) is 1.74. The van der Waals surface area contributed by atoms with E-state index in [1.807, 2.05) is 12.1 Å². The summed E-state index contributed by atoms with van der Waals surface area (Å²) in [5.41, 5.74) is 2.06. The summed E-state index contributed by atoms with van der Waals surface area (Å²) in [6, 6.07) is 9.63. The van der Waals surface area contributed by atoms with Gasteiger partial charge in [-0.1, -0.05) is 43.6 Å². The molecule has 1 aromatic carbocycles. The third-order valence-electron chi connectivity index (χ3n) is 7.72. The molecule has 0 N–H and O–H groups in total. The third kappa shape index (κ3) is 5.13. The normalized spacial score (nSPS) is 25.0. The lowest BCUT2D eigenvalue weighted by Gasteiger charge is -2.39. The number of Topliss-reactive ketones (excluding diaryl/α,β-unsaturated/α-hetero) is 1. The second-order valence-corrected chi connectivity index (χ2v) is 11.2. The lowest BCUT2D eigenvalue weighted by atomic mass is 9.99. The van der Waals surface area contributed by atoms with Crippen molar-refractivity contribution in [3.05, 3.63) is 59.0 Å². The first-order valence-corrected chi connectivity index (χ1v) is 13.4. The van der Waals surface area contributed by atoms with Gasteiger partial charge in [0.1, 0.15) is 6.10 Å². The number of fused-ring (bicyclic) bond motifs is 3. The van der Waals surface area contributed by atoms with E-state index in [1.165, 1.54) is 18.4 Å². The van der Waals surface area contributed by atoms with Gasteiger partial charge in [0.25, 0.3) is 0 Å². The van der Waals surface area contributed by atoms with Crippen molar-refractivity contribution in [3.8, 4) is 0 Å². The zero-order valence-corrected chi connectivity index (χ0v) is 21.3. The van der Waals surface area contributed by atoms with Gasteiger partial charge in [-0.25, -0.2) is 0 Å². The standard InChI is InChI=1S/C29H37ClN2O2/c1-20(2)16-29(33)27-19-31(28-7-4-3-6-26(27)28)14-5-15-32-22-10-11-23(32)18-25(17-22)34-24-12-8-21(30)9-13-24/h3-4,6-8,12,19-20,22-23,25H,5,9-11,13-18H2,1-2H3. The summed E-state index contributed by atoms with van der Waals surface area (Å²) in [6.45, 7) is 6.28. The molecule has 2 atom stereocenters. The van der Waals surface area contributed by atoms with Crippen LogP contribution in [0.5, 0.6) is 0 Å². The maximum atomic E-state index is 12.8. The molecule has 5 rings (SSSR count). The van der Waals surface area contributed by atoms with Crippen LogP contribution in [0.2, 0.25) is 0 Å². The molecule has 34 heavy (non-hydrogen) atoms. The number of hydrogen-bond donors (Lipinski definition) is 0. The number of aryl methyl sites for hydroxylation is 1. The number of benzene rings is 1. The molecule has 5 heteroatoms. The molecular weight excluding hydrogens is 444 g/mol. The van der Waals surface area contributed by atoms with E-state index in [2.05, 4.69) is 53.8 Å². The van der Waals surface area contributed by atoms with E-state index < -0.39 is 0 Å². The highest BCUT2D eigenvalue weighted by molar-refractivity contribution is 6.29. The van der Waals surface area contributed by atoms with Crippen molar-refractivity contribution in [2.45, 2.75) is 89.9 Å². The molecule has 182 valence electrons. The molecular formula is C29H37ClN2O2. The Morgan fingerprint density at radius 2 is 1.85 bits per heavy atom. The predicted molar refractivity (Wildman–Crippen MR) is 139 cm³/mol. The fourth-order valence-electron chi connectivity index (χ4n) is 6.15. The average molecular weight is 481 g/mol. The Morgan fingerprint density at radius 3 is 2.56 bits per heavy atom. The minimum atomic E-state index is 0.260. The van der Waals surface area contributed by atoms with Crippen LogP contribution in [0.4, 0.5) is 0 Å². The van der Waals surface area contributed by atoms with Crippen molar-refractivity contribution < 1.29 is 9.53 Å². The predicted octanol–water partition coefficient (Wildman–Crippen LogP) is 7.07. The largest absolute Gasteiger partial charge is 0.495 e. The zero-order chi connectivity index (χ0) is 23.7. The Balaban J connectivity index is 1.19. The zero-order valence-electron chi connectivity index (χ0n) is 20.5. The summed E-state index contributed by atoms with van der Waals surface area (Å²) < 4.78 is 8.68. The number of piperidine rings is 1. The highest BCUT2D eigenvalue weighted by Gasteiger charge is 2.41. The van der Waals surface area contributed by atoms with E-state index in [9.17, 15) is 4.79 Å². The van der Waals surface area contributed by atoms with Gasteiger partial charge in [-0.2, -0.15) is 0 Å². The molecule has 3 heterocycles. The van der Waals surface area contributed by atoms with Crippen LogP contribution >= 0.6 is 11.6 Å². The van der Waals surface area contributed by atoms with Crippen LogP contribution < -0.4 is 0 Å². The number of para-hydroxylation sites is 1. The summed E-state index contributed by atoms with van der Waals surface area (Å²) >= 11 is 6.10. The molecule has 3 aliphatic rings. The maximum absolute atomic E-state index is 12.8. The Hall–Kier alpha value is -2.04. The van der Waals surface area contributed by atoms with Gasteiger partial charge in [0.05, 0.1) is 5.76 Å². The van der Waals surface area contributed by atoms with Crippen LogP contribution in [0.3, 0.4) is 0 Å². The molecule has 0 radical (unpaired) electrons. The Morgan fingerprint density at radius 1 is 1.09 bits per heavy atom. The first-order valence-electron chi connectivity index (χ1n) is 13.1. The minimum absolute atomic E-state index is 0.260. The first kappa shape index (κ1) is 23.7. The van der Waals surface area contributed by atoms with Gasteiger partial charge < -0.3 is 9.30 Å². The number of rotatable bonds is 9. The minimum Gasteiger partial charge on any atom is -0.495 e. The fourth-order valence-corrected chi connectivity index (χ4v) is 6.31. The van der Waals surface area contributed by atoms with Crippen LogP contribution in [-0.4, -0.2) is 40.0 Å². The van der Waals surface area contributed by atoms with Gasteiger partial charge in [-0.3, -0.25) is 9.69 Å². The lowest BCUT2D eigenvalue weighted by molar-refractivity contribution is 0.00952. The molecule has 4 nitrogen and oxygen atoms in total. The molecule has 2 bridgehead atoms. The van der Waals surface area contributed by atoms with Crippen LogP contribution in [0.1, 0.15) is 75.6 Å². The van der Waals surface area contributed by atoms with Gasteiger partial charge >= 0.3 is 0 Å². The van der Waals surface area contributed by atoms with E-state index in [0.717, 1.165) is 66.9 Å². The van der Waals surface area contributed by atoms with Crippen molar-refractivity contribution in [1.82, 2.24) is 9.47 Å². The number of halogens is 1. The Kier molecular flexibility index (Phi) is 7.17. The van der Waals surface area contributed by atoms with E-state index in [0.29, 0.717) is 30.5 Å². The van der Waals surface area contributed by atoms with Crippen molar-refractivity contribution >= 4 is 28.3 Å². The number of nitrogens with zero attached hydrogens (tertiary/aromatic N) is 2. The smallest absolute Gasteiger partial charge is 0.165 e. The topological polar surface area (TPSA) is 34.5 Å². The highest BCUT2D eigenvalue weighted by Crippen LogP contribution is 2.38. The molecule has 2 unspecified atom stereocenters. The molecule has 2 fully saturated rings. The molecule has 2 aromatic rings. The number of carbonyl (C=O) groups is 1. The quantitative estimate of drug-likeness (QED) is 0.360. The van der Waals surface area contributed by atoms with Crippen LogP contribution in [0, 0.1) is 5.92 Å². The molecule has 0 amide bonds. The van der Waals surface area contributed by atoms with Gasteiger partial charge in [0, 0.05) is 65.7 Å². The number of hydrogen-bond acceptors (Lipinski definition) is 3. The molecule has 0 spiro atoms. The lowest BCUT2D eigenvalue weighted by Crippen LogP contribution is -2.45. The van der Waals surface area contributed by atoms with Gasteiger partial charge in [0.15, 0.2) is 5.78 Å². The summed E-state index contributed by atoms with van der Waals surface area (Å²) in [6.07, 6.45) is 14.9. The first-order chi connectivity index (χ1) is 16.5. The van der Waals surface area contributed by atoms with Crippen LogP contribution in [-0.2, 0) is 11.3 Å². The number of aromatic nitrogens is 1. The fraction of sp³-hybridized carbons (Fsp3) is 0.552. The van der Waals surface area contributed by atoms with Crippen LogP contribution in [0.25, 0.3) is 10.9 Å².